The largest absolute Gasteiger partial charge is 0.472 e. The molecule has 1 atom stereocenters. The Balaban J connectivity index is 1.73. The molecule has 3 heterocycles. The standard InChI is InChI=1S/C14H17BrN2O3S3/c15-13-1-2-14(22-13)23(18,19)16-9-12(11-3-6-20-10-11)17-4-7-21-8-5-17/h1-3,6,10,12,16H,4-5,7-9H2/t12-/m0/s1. The summed E-state index contributed by atoms with van der Waals surface area (Å²) in [5.41, 5.74) is 1.01. The molecule has 2 aromatic rings. The summed E-state index contributed by atoms with van der Waals surface area (Å²) in [5.74, 6) is 2.14. The van der Waals surface area contributed by atoms with Crippen molar-refractivity contribution in [3.63, 3.8) is 0 Å². The summed E-state index contributed by atoms with van der Waals surface area (Å²) in [4.78, 5) is 2.31. The maximum absolute atomic E-state index is 12.4. The number of thioether (sulfide) groups is 1. The predicted molar refractivity (Wildman–Crippen MR) is 97.6 cm³/mol. The van der Waals surface area contributed by atoms with Crippen molar-refractivity contribution in [3.05, 3.63) is 40.1 Å². The molecular formula is C14H17BrN2O3S3. The van der Waals surface area contributed by atoms with E-state index in [1.807, 2.05) is 17.8 Å². The first-order chi connectivity index (χ1) is 11.1. The molecule has 1 aliphatic rings. The van der Waals surface area contributed by atoms with Gasteiger partial charge in [0.2, 0.25) is 10.0 Å². The van der Waals surface area contributed by atoms with Gasteiger partial charge in [-0.2, -0.15) is 11.8 Å². The summed E-state index contributed by atoms with van der Waals surface area (Å²) < 4.78 is 33.9. The number of hydrogen-bond donors (Lipinski definition) is 1. The second-order valence-electron chi connectivity index (χ2n) is 5.13. The van der Waals surface area contributed by atoms with E-state index in [1.54, 1.807) is 24.7 Å². The van der Waals surface area contributed by atoms with Crippen LogP contribution in [0.5, 0.6) is 0 Å². The van der Waals surface area contributed by atoms with Gasteiger partial charge in [-0.15, -0.1) is 11.3 Å². The molecule has 9 heteroatoms. The first-order valence-corrected chi connectivity index (χ1v) is 11.4. The zero-order valence-corrected chi connectivity index (χ0v) is 16.3. The summed E-state index contributed by atoms with van der Waals surface area (Å²) in [6, 6.07) is 5.26. The number of hydrogen-bond acceptors (Lipinski definition) is 6. The quantitative estimate of drug-likeness (QED) is 0.752. The molecular weight excluding hydrogens is 420 g/mol. The maximum Gasteiger partial charge on any atom is 0.250 e. The predicted octanol–water partition coefficient (Wildman–Crippen LogP) is 3.17. The highest BCUT2D eigenvalue weighted by Crippen LogP contribution is 2.27. The van der Waals surface area contributed by atoms with Crippen molar-refractivity contribution >= 4 is 49.1 Å². The van der Waals surface area contributed by atoms with Crippen molar-refractivity contribution < 1.29 is 12.8 Å². The Morgan fingerprint density at radius 1 is 1.30 bits per heavy atom. The molecule has 3 rings (SSSR count). The first-order valence-electron chi connectivity index (χ1n) is 7.15. The Labute approximate surface area is 152 Å². The van der Waals surface area contributed by atoms with Crippen LogP contribution in [0.2, 0.25) is 0 Å². The summed E-state index contributed by atoms with van der Waals surface area (Å²) in [7, 11) is -3.49. The van der Waals surface area contributed by atoms with Crippen molar-refractivity contribution in [1.82, 2.24) is 9.62 Å². The first kappa shape index (κ1) is 17.5. The van der Waals surface area contributed by atoms with Gasteiger partial charge in [-0.3, -0.25) is 4.90 Å². The van der Waals surface area contributed by atoms with Crippen LogP contribution in [0.4, 0.5) is 0 Å². The minimum Gasteiger partial charge on any atom is -0.472 e. The van der Waals surface area contributed by atoms with E-state index in [2.05, 4.69) is 25.6 Å². The van der Waals surface area contributed by atoms with E-state index in [4.69, 9.17) is 4.42 Å². The molecule has 0 spiro atoms. The fourth-order valence-corrected chi connectivity index (χ4v) is 6.54. The van der Waals surface area contributed by atoms with Crippen molar-refractivity contribution in [1.29, 1.82) is 0 Å². The van der Waals surface area contributed by atoms with Gasteiger partial charge >= 0.3 is 0 Å². The number of thiophene rings is 1. The van der Waals surface area contributed by atoms with E-state index >= 15 is 0 Å². The van der Waals surface area contributed by atoms with Gasteiger partial charge in [-0.1, -0.05) is 0 Å². The third kappa shape index (κ3) is 4.40. The second-order valence-corrected chi connectivity index (χ2v) is 10.8. The average molecular weight is 437 g/mol. The van der Waals surface area contributed by atoms with E-state index in [9.17, 15) is 8.42 Å². The van der Waals surface area contributed by atoms with E-state index in [1.165, 1.54) is 11.3 Å². The Morgan fingerprint density at radius 2 is 2.09 bits per heavy atom. The molecule has 0 radical (unpaired) electrons. The maximum atomic E-state index is 12.4. The van der Waals surface area contributed by atoms with E-state index in [-0.39, 0.29) is 6.04 Å². The highest BCUT2D eigenvalue weighted by atomic mass is 79.9. The topological polar surface area (TPSA) is 62.6 Å². The molecule has 0 amide bonds. The third-order valence-corrected chi connectivity index (χ3v) is 8.18. The fraction of sp³-hybridized carbons (Fsp3) is 0.429. The minimum absolute atomic E-state index is 0.00664. The van der Waals surface area contributed by atoms with Crippen LogP contribution >= 0.6 is 39.0 Å². The molecule has 1 saturated heterocycles. The summed E-state index contributed by atoms with van der Waals surface area (Å²) >= 11 is 6.44. The van der Waals surface area contributed by atoms with E-state index in [0.717, 1.165) is 33.9 Å². The number of nitrogens with one attached hydrogen (secondary N) is 1. The normalized spacial score (nSPS) is 18.1. The monoisotopic (exact) mass is 436 g/mol. The van der Waals surface area contributed by atoms with Crippen molar-refractivity contribution in [2.75, 3.05) is 31.1 Å². The molecule has 0 aromatic carbocycles. The third-order valence-electron chi connectivity index (χ3n) is 3.69. The van der Waals surface area contributed by atoms with Crippen LogP contribution in [-0.2, 0) is 10.0 Å². The molecule has 0 bridgehead atoms. The highest BCUT2D eigenvalue weighted by molar-refractivity contribution is 9.11. The number of nitrogens with zero attached hydrogens (tertiary/aromatic N) is 1. The van der Waals surface area contributed by atoms with Crippen LogP contribution in [0.25, 0.3) is 0 Å². The van der Waals surface area contributed by atoms with Gasteiger partial charge in [0.05, 0.1) is 22.4 Å². The van der Waals surface area contributed by atoms with Crippen LogP contribution in [-0.4, -0.2) is 44.5 Å². The van der Waals surface area contributed by atoms with Gasteiger partial charge in [-0.25, -0.2) is 13.1 Å². The highest BCUT2D eigenvalue weighted by Gasteiger charge is 2.26. The molecule has 0 aliphatic carbocycles. The Kier molecular flexibility index (Phi) is 5.87. The summed E-state index contributed by atoms with van der Waals surface area (Å²) in [6.07, 6.45) is 3.33. The van der Waals surface area contributed by atoms with Gasteiger partial charge in [0, 0.05) is 36.7 Å². The lowest BCUT2D eigenvalue weighted by Crippen LogP contribution is -2.41. The molecule has 126 valence electrons. The Hall–Kier alpha value is -0.320. The van der Waals surface area contributed by atoms with Crippen molar-refractivity contribution in [2.24, 2.45) is 0 Å². The van der Waals surface area contributed by atoms with Crippen LogP contribution in [0.15, 0.2) is 43.1 Å². The lowest BCUT2D eigenvalue weighted by atomic mass is 10.1. The molecule has 1 N–H and O–H groups in total. The molecule has 1 aliphatic heterocycles. The molecule has 0 unspecified atom stereocenters. The van der Waals surface area contributed by atoms with Gasteiger partial charge in [0.1, 0.15) is 4.21 Å². The number of halogens is 1. The minimum atomic E-state index is -3.49. The van der Waals surface area contributed by atoms with Crippen molar-refractivity contribution in [3.8, 4) is 0 Å². The fourth-order valence-electron chi connectivity index (χ4n) is 2.51. The van der Waals surface area contributed by atoms with Crippen LogP contribution in [0, 0.1) is 0 Å². The number of rotatable bonds is 6. The Morgan fingerprint density at radius 3 is 2.70 bits per heavy atom. The number of furan rings is 1. The molecule has 0 saturated carbocycles. The lowest BCUT2D eigenvalue weighted by Gasteiger charge is -2.33. The molecule has 23 heavy (non-hydrogen) atoms. The van der Waals surface area contributed by atoms with Crippen LogP contribution in [0.1, 0.15) is 11.6 Å². The van der Waals surface area contributed by atoms with Gasteiger partial charge in [-0.05, 0) is 34.1 Å². The average Bonchev–Trinajstić information content (AvgIpc) is 3.20. The smallest absolute Gasteiger partial charge is 0.250 e. The lowest BCUT2D eigenvalue weighted by molar-refractivity contribution is 0.218. The number of sulfonamides is 1. The van der Waals surface area contributed by atoms with Crippen molar-refractivity contribution in [2.45, 2.75) is 10.3 Å². The van der Waals surface area contributed by atoms with Crippen LogP contribution < -0.4 is 4.72 Å². The second kappa shape index (κ2) is 7.71. The van der Waals surface area contributed by atoms with E-state index < -0.39 is 10.0 Å². The summed E-state index contributed by atoms with van der Waals surface area (Å²) in [6.45, 7) is 2.24. The molecule has 5 nitrogen and oxygen atoms in total. The molecule has 1 fully saturated rings. The summed E-state index contributed by atoms with van der Waals surface area (Å²) in [5, 5.41) is 0. The Bertz CT molecular complexity index is 724. The zero-order chi connectivity index (χ0) is 16.3. The van der Waals surface area contributed by atoms with Crippen LogP contribution in [0.3, 0.4) is 0 Å². The van der Waals surface area contributed by atoms with Gasteiger partial charge in [0.25, 0.3) is 0 Å². The van der Waals surface area contributed by atoms with E-state index in [0.29, 0.717) is 10.8 Å². The van der Waals surface area contributed by atoms with Gasteiger partial charge < -0.3 is 4.42 Å². The van der Waals surface area contributed by atoms with Gasteiger partial charge in [0.15, 0.2) is 0 Å². The molecule has 2 aromatic heterocycles. The zero-order valence-electron chi connectivity index (χ0n) is 12.3. The SMILES string of the molecule is O=S(=O)(NC[C@@H](c1ccoc1)N1CCSCC1)c1ccc(Br)s1.